The van der Waals surface area contributed by atoms with Crippen molar-refractivity contribution in [3.05, 3.63) is 24.3 Å². The number of nitrogens with two attached hydrogens (primary N) is 1. The van der Waals surface area contributed by atoms with E-state index in [9.17, 15) is 9.90 Å². The third-order valence-electron chi connectivity index (χ3n) is 3.84. The number of likely N-dealkylation sites (N-methyl/N-ethyl adjacent to an activating group) is 2. The van der Waals surface area contributed by atoms with Crippen LogP contribution in [0, 0.1) is 5.92 Å². The van der Waals surface area contributed by atoms with Crippen LogP contribution in [-0.2, 0) is 4.79 Å². The van der Waals surface area contributed by atoms with Crippen LogP contribution in [0.2, 0.25) is 0 Å². The molecule has 0 radical (unpaired) electrons. The van der Waals surface area contributed by atoms with Crippen molar-refractivity contribution in [2.75, 3.05) is 37.8 Å². The average Bonchev–Trinajstić information content (AvgIpc) is 2.37. The van der Waals surface area contributed by atoms with E-state index in [1.807, 2.05) is 24.1 Å². The number of nitrogens with zero attached hydrogens (tertiary/aromatic N) is 2. The van der Waals surface area contributed by atoms with Crippen LogP contribution in [0.25, 0.3) is 0 Å². The Labute approximate surface area is 120 Å². The molecule has 1 aromatic rings. The predicted octanol–water partition coefficient (Wildman–Crippen LogP) is 0.934. The summed E-state index contributed by atoms with van der Waals surface area (Å²) in [6.07, 6.45) is 1.57. The van der Waals surface area contributed by atoms with Crippen LogP contribution in [0.5, 0.6) is 0 Å². The lowest BCUT2D eigenvalue weighted by atomic mass is 9.82. The van der Waals surface area contributed by atoms with E-state index in [2.05, 4.69) is 0 Å². The highest BCUT2D eigenvalue weighted by Crippen LogP contribution is 2.27. The molecule has 1 aliphatic rings. The summed E-state index contributed by atoms with van der Waals surface area (Å²) in [4.78, 5) is 15.9. The van der Waals surface area contributed by atoms with Gasteiger partial charge in [-0.1, -0.05) is 0 Å². The van der Waals surface area contributed by atoms with Crippen molar-refractivity contribution in [2.24, 2.45) is 5.92 Å². The van der Waals surface area contributed by atoms with E-state index in [0.29, 0.717) is 18.2 Å². The van der Waals surface area contributed by atoms with Gasteiger partial charge in [0.05, 0.1) is 12.6 Å². The van der Waals surface area contributed by atoms with Gasteiger partial charge < -0.3 is 15.7 Å². The van der Waals surface area contributed by atoms with Gasteiger partial charge in [-0.3, -0.25) is 9.69 Å². The standard InChI is InChI=1S/C15H23N3O2/c1-17(9-11-7-14(19)8-11)10-15(20)18(2)13-5-3-12(16)4-6-13/h3-6,11,14,19H,7-10,16H2,1-2H3. The van der Waals surface area contributed by atoms with E-state index in [4.69, 9.17) is 5.73 Å². The number of rotatable bonds is 5. The molecule has 1 saturated carbocycles. The minimum absolute atomic E-state index is 0.0529. The molecule has 1 amide bonds. The van der Waals surface area contributed by atoms with Crippen LogP contribution < -0.4 is 10.6 Å². The average molecular weight is 277 g/mol. The summed E-state index contributed by atoms with van der Waals surface area (Å²) in [7, 11) is 3.72. The third-order valence-corrected chi connectivity index (χ3v) is 3.84. The second kappa shape index (κ2) is 6.24. The minimum atomic E-state index is -0.137. The molecule has 20 heavy (non-hydrogen) atoms. The van der Waals surface area contributed by atoms with Gasteiger partial charge in [0.2, 0.25) is 5.91 Å². The van der Waals surface area contributed by atoms with Gasteiger partial charge in [-0.05, 0) is 50.1 Å². The molecule has 0 saturated heterocycles. The summed E-state index contributed by atoms with van der Waals surface area (Å²) >= 11 is 0. The monoisotopic (exact) mass is 277 g/mol. The van der Waals surface area contributed by atoms with Crippen molar-refractivity contribution in [1.29, 1.82) is 0 Å². The zero-order valence-electron chi connectivity index (χ0n) is 12.1. The number of amides is 1. The summed E-state index contributed by atoms with van der Waals surface area (Å²) in [5.41, 5.74) is 7.17. The first-order valence-corrected chi connectivity index (χ1v) is 6.94. The Hall–Kier alpha value is -1.59. The number of hydrogen-bond acceptors (Lipinski definition) is 4. The number of carbonyl (C=O) groups excluding carboxylic acids is 1. The molecule has 0 aliphatic heterocycles. The van der Waals surface area contributed by atoms with Gasteiger partial charge in [0.15, 0.2) is 0 Å². The molecule has 5 nitrogen and oxygen atoms in total. The molecule has 0 bridgehead atoms. The SMILES string of the molecule is CN(CC(=O)N(C)c1ccc(N)cc1)CC1CC(O)C1. The molecular formula is C15H23N3O2. The molecule has 3 N–H and O–H groups in total. The van der Waals surface area contributed by atoms with E-state index in [1.54, 1.807) is 24.1 Å². The number of aliphatic hydroxyl groups is 1. The lowest BCUT2D eigenvalue weighted by Gasteiger charge is -2.34. The molecule has 1 fully saturated rings. The van der Waals surface area contributed by atoms with Crippen molar-refractivity contribution >= 4 is 17.3 Å². The molecule has 1 aromatic carbocycles. The number of benzene rings is 1. The van der Waals surface area contributed by atoms with E-state index in [1.165, 1.54) is 0 Å². The van der Waals surface area contributed by atoms with Crippen LogP contribution >= 0.6 is 0 Å². The molecular weight excluding hydrogens is 254 g/mol. The Bertz CT molecular complexity index is 455. The highest BCUT2D eigenvalue weighted by molar-refractivity contribution is 5.94. The Balaban J connectivity index is 1.82. The Morgan fingerprint density at radius 3 is 2.45 bits per heavy atom. The van der Waals surface area contributed by atoms with Crippen LogP contribution in [0.15, 0.2) is 24.3 Å². The number of hydrogen-bond donors (Lipinski definition) is 2. The normalized spacial score (nSPS) is 21.6. The fraction of sp³-hybridized carbons (Fsp3) is 0.533. The van der Waals surface area contributed by atoms with E-state index in [-0.39, 0.29) is 12.0 Å². The van der Waals surface area contributed by atoms with Gasteiger partial charge in [-0.25, -0.2) is 0 Å². The summed E-state index contributed by atoms with van der Waals surface area (Å²) < 4.78 is 0. The number of aliphatic hydroxyl groups excluding tert-OH is 1. The number of nitrogen functional groups attached to an aromatic ring is 1. The van der Waals surface area contributed by atoms with Gasteiger partial charge in [-0.15, -0.1) is 0 Å². The molecule has 0 atom stereocenters. The maximum Gasteiger partial charge on any atom is 0.240 e. The maximum atomic E-state index is 12.2. The summed E-state index contributed by atoms with van der Waals surface area (Å²) in [6, 6.07) is 7.27. The minimum Gasteiger partial charge on any atom is -0.399 e. The second-order valence-electron chi connectivity index (χ2n) is 5.73. The quantitative estimate of drug-likeness (QED) is 0.786. The molecule has 5 heteroatoms. The van der Waals surface area contributed by atoms with Gasteiger partial charge in [0.1, 0.15) is 0 Å². The molecule has 0 spiro atoms. The van der Waals surface area contributed by atoms with Gasteiger partial charge in [0.25, 0.3) is 0 Å². The lowest BCUT2D eigenvalue weighted by molar-refractivity contribution is -0.119. The van der Waals surface area contributed by atoms with Crippen LogP contribution in [0.3, 0.4) is 0 Å². The zero-order chi connectivity index (χ0) is 14.7. The first-order valence-electron chi connectivity index (χ1n) is 6.94. The fourth-order valence-electron chi connectivity index (χ4n) is 2.53. The van der Waals surface area contributed by atoms with Crippen LogP contribution in [-0.4, -0.2) is 49.2 Å². The zero-order valence-corrected chi connectivity index (χ0v) is 12.1. The Morgan fingerprint density at radius 1 is 1.30 bits per heavy atom. The molecule has 0 aromatic heterocycles. The highest BCUT2D eigenvalue weighted by atomic mass is 16.3. The number of carbonyl (C=O) groups is 1. The summed E-state index contributed by atoms with van der Waals surface area (Å²) in [5, 5.41) is 9.27. The van der Waals surface area contributed by atoms with E-state index < -0.39 is 0 Å². The Kier molecular flexibility index (Phi) is 4.62. The topological polar surface area (TPSA) is 69.8 Å². The predicted molar refractivity (Wildman–Crippen MR) is 80.5 cm³/mol. The van der Waals surface area contributed by atoms with Gasteiger partial charge in [-0.2, -0.15) is 0 Å². The first-order chi connectivity index (χ1) is 9.45. The molecule has 0 heterocycles. The third kappa shape index (κ3) is 3.71. The molecule has 0 unspecified atom stereocenters. The molecule has 110 valence electrons. The van der Waals surface area contributed by atoms with Gasteiger partial charge in [0, 0.05) is 25.0 Å². The van der Waals surface area contributed by atoms with Crippen LogP contribution in [0.4, 0.5) is 11.4 Å². The summed E-state index contributed by atoms with van der Waals surface area (Å²) in [5.74, 6) is 0.571. The van der Waals surface area contributed by atoms with E-state index >= 15 is 0 Å². The van der Waals surface area contributed by atoms with E-state index in [0.717, 1.165) is 25.1 Å². The Morgan fingerprint density at radius 2 is 1.90 bits per heavy atom. The van der Waals surface area contributed by atoms with Gasteiger partial charge >= 0.3 is 0 Å². The lowest BCUT2D eigenvalue weighted by Crippen LogP contribution is -2.42. The molecule has 1 aliphatic carbocycles. The largest absolute Gasteiger partial charge is 0.399 e. The van der Waals surface area contributed by atoms with Crippen molar-refractivity contribution in [3.8, 4) is 0 Å². The van der Waals surface area contributed by atoms with Crippen molar-refractivity contribution in [3.63, 3.8) is 0 Å². The highest BCUT2D eigenvalue weighted by Gasteiger charge is 2.28. The maximum absolute atomic E-state index is 12.2. The summed E-state index contributed by atoms with van der Waals surface area (Å²) in [6.45, 7) is 1.24. The van der Waals surface area contributed by atoms with Crippen molar-refractivity contribution in [2.45, 2.75) is 18.9 Å². The van der Waals surface area contributed by atoms with Crippen LogP contribution in [0.1, 0.15) is 12.8 Å². The second-order valence-corrected chi connectivity index (χ2v) is 5.73. The smallest absolute Gasteiger partial charge is 0.240 e. The number of anilines is 2. The van der Waals surface area contributed by atoms with Crippen molar-refractivity contribution in [1.82, 2.24) is 4.90 Å². The molecule has 2 rings (SSSR count). The first kappa shape index (κ1) is 14.8. The fourth-order valence-corrected chi connectivity index (χ4v) is 2.53. The van der Waals surface area contributed by atoms with Crippen molar-refractivity contribution < 1.29 is 9.90 Å².